The molecule has 2 aromatic heterocycles. The van der Waals surface area contributed by atoms with Crippen molar-refractivity contribution in [3.05, 3.63) is 52.5 Å². The second kappa shape index (κ2) is 6.07. The molecule has 2 heterocycles. The Balaban J connectivity index is 2.18. The first-order valence-corrected chi connectivity index (χ1v) is 8.02. The van der Waals surface area contributed by atoms with Crippen molar-refractivity contribution >= 4 is 11.6 Å². The fourth-order valence-electron chi connectivity index (χ4n) is 3.12. The zero-order valence-corrected chi connectivity index (χ0v) is 14.4. The molecule has 0 saturated carbocycles. The first-order valence-electron chi connectivity index (χ1n) is 8.02. The van der Waals surface area contributed by atoms with E-state index in [0.717, 1.165) is 39.4 Å². The van der Waals surface area contributed by atoms with E-state index in [0.29, 0.717) is 6.42 Å². The number of hydrogen-bond donors (Lipinski definition) is 1. The molecule has 0 aliphatic carbocycles. The molecule has 3 rings (SSSR count). The van der Waals surface area contributed by atoms with Gasteiger partial charge in [-0.1, -0.05) is 29.8 Å². The Kier molecular flexibility index (Phi) is 4.09. The number of rotatable bonds is 4. The van der Waals surface area contributed by atoms with Crippen LogP contribution in [0.5, 0.6) is 0 Å². The Morgan fingerprint density at radius 1 is 1.08 bits per heavy atom. The van der Waals surface area contributed by atoms with E-state index >= 15 is 0 Å². The summed E-state index contributed by atoms with van der Waals surface area (Å²) in [7, 11) is 0. The lowest BCUT2D eigenvalue weighted by atomic mass is 10.0. The van der Waals surface area contributed by atoms with E-state index in [1.54, 1.807) is 0 Å². The van der Waals surface area contributed by atoms with Gasteiger partial charge in [0.05, 0.1) is 5.69 Å². The van der Waals surface area contributed by atoms with Crippen molar-refractivity contribution in [3.8, 4) is 11.1 Å². The molecule has 0 atom stereocenters. The van der Waals surface area contributed by atoms with Gasteiger partial charge >= 0.3 is 5.97 Å². The summed E-state index contributed by atoms with van der Waals surface area (Å²) in [6, 6.07) is 8.34. The number of benzene rings is 1. The maximum Gasteiger partial charge on any atom is 0.303 e. The van der Waals surface area contributed by atoms with Crippen LogP contribution in [-0.2, 0) is 11.2 Å². The Hall–Kier alpha value is -2.69. The number of nitrogens with zero attached hydrogens (tertiary/aromatic N) is 3. The maximum absolute atomic E-state index is 10.9. The van der Waals surface area contributed by atoms with Gasteiger partial charge in [-0.2, -0.15) is 5.10 Å². The van der Waals surface area contributed by atoms with Crippen molar-refractivity contribution in [2.75, 3.05) is 0 Å². The smallest absolute Gasteiger partial charge is 0.303 e. The van der Waals surface area contributed by atoms with Crippen LogP contribution in [0.25, 0.3) is 16.8 Å². The van der Waals surface area contributed by atoms with Crippen molar-refractivity contribution in [3.63, 3.8) is 0 Å². The largest absolute Gasteiger partial charge is 0.481 e. The summed E-state index contributed by atoms with van der Waals surface area (Å²) in [5, 5.41) is 13.6. The van der Waals surface area contributed by atoms with Gasteiger partial charge in [0.15, 0.2) is 5.65 Å². The second-order valence-electron chi connectivity index (χ2n) is 6.22. The molecule has 0 amide bonds. The summed E-state index contributed by atoms with van der Waals surface area (Å²) in [5.41, 5.74) is 7.88. The number of aliphatic carboxylic acids is 1. The number of aryl methyl sites for hydroxylation is 4. The first kappa shape index (κ1) is 16.2. The zero-order valence-electron chi connectivity index (χ0n) is 14.4. The molecule has 0 spiro atoms. The molecule has 1 N–H and O–H groups in total. The highest BCUT2D eigenvalue weighted by molar-refractivity contribution is 5.80. The predicted molar refractivity (Wildman–Crippen MR) is 93.3 cm³/mol. The van der Waals surface area contributed by atoms with Gasteiger partial charge < -0.3 is 5.11 Å². The normalized spacial score (nSPS) is 11.2. The van der Waals surface area contributed by atoms with Gasteiger partial charge in [-0.05, 0) is 45.2 Å². The molecule has 5 heteroatoms. The van der Waals surface area contributed by atoms with Crippen molar-refractivity contribution in [1.82, 2.24) is 14.6 Å². The minimum atomic E-state index is -0.800. The average Bonchev–Trinajstić information content (AvgIpc) is 2.84. The molecular weight excluding hydrogens is 302 g/mol. The monoisotopic (exact) mass is 323 g/mol. The Morgan fingerprint density at radius 3 is 2.38 bits per heavy atom. The highest BCUT2D eigenvalue weighted by Crippen LogP contribution is 2.29. The van der Waals surface area contributed by atoms with Crippen LogP contribution in [0.1, 0.15) is 34.6 Å². The maximum atomic E-state index is 10.9. The summed E-state index contributed by atoms with van der Waals surface area (Å²) in [6.45, 7) is 7.96. The van der Waals surface area contributed by atoms with Gasteiger partial charge in [-0.15, -0.1) is 0 Å². The molecule has 124 valence electrons. The van der Waals surface area contributed by atoms with Crippen LogP contribution in [0.4, 0.5) is 0 Å². The first-order chi connectivity index (χ1) is 11.4. The predicted octanol–water partition coefficient (Wildman–Crippen LogP) is 3.65. The molecule has 3 aromatic rings. The van der Waals surface area contributed by atoms with Crippen molar-refractivity contribution in [1.29, 1.82) is 0 Å². The van der Waals surface area contributed by atoms with E-state index < -0.39 is 5.97 Å². The molecule has 24 heavy (non-hydrogen) atoms. The van der Waals surface area contributed by atoms with Crippen LogP contribution in [0.3, 0.4) is 0 Å². The Morgan fingerprint density at radius 2 is 1.75 bits per heavy atom. The van der Waals surface area contributed by atoms with E-state index in [2.05, 4.69) is 36.3 Å². The molecule has 1 aromatic carbocycles. The third-order valence-electron chi connectivity index (χ3n) is 4.43. The third kappa shape index (κ3) is 2.77. The summed E-state index contributed by atoms with van der Waals surface area (Å²) in [6.07, 6.45) is 0.564. The van der Waals surface area contributed by atoms with Crippen LogP contribution < -0.4 is 0 Å². The van der Waals surface area contributed by atoms with Crippen molar-refractivity contribution in [2.45, 2.75) is 40.5 Å². The number of aromatic nitrogens is 3. The molecule has 5 nitrogen and oxygen atoms in total. The molecular formula is C19H21N3O2. The number of carbonyl (C=O) groups is 1. The van der Waals surface area contributed by atoms with Crippen LogP contribution in [0.15, 0.2) is 24.3 Å². The second-order valence-corrected chi connectivity index (χ2v) is 6.22. The van der Waals surface area contributed by atoms with Gasteiger partial charge in [0.1, 0.15) is 0 Å². The quantitative estimate of drug-likeness (QED) is 0.796. The fourth-order valence-corrected chi connectivity index (χ4v) is 3.12. The lowest BCUT2D eigenvalue weighted by Crippen LogP contribution is -2.08. The summed E-state index contributed by atoms with van der Waals surface area (Å²) in [5.74, 6) is -0.800. The molecule has 0 fully saturated rings. The minimum Gasteiger partial charge on any atom is -0.481 e. The van der Waals surface area contributed by atoms with E-state index in [-0.39, 0.29) is 6.42 Å². The molecule has 0 radical (unpaired) electrons. The average molecular weight is 323 g/mol. The number of carboxylic acids is 1. The fraction of sp³-hybridized carbons (Fsp3) is 0.316. The SMILES string of the molecule is Cc1ccc(-c2c(C)nn3c(C)c(CCC(=O)O)c(C)nc23)cc1. The summed E-state index contributed by atoms with van der Waals surface area (Å²) in [4.78, 5) is 15.6. The number of carboxylic acid groups (broad SMARTS) is 1. The van der Waals surface area contributed by atoms with Crippen LogP contribution >= 0.6 is 0 Å². The van der Waals surface area contributed by atoms with Crippen LogP contribution in [0, 0.1) is 27.7 Å². The number of hydrogen-bond acceptors (Lipinski definition) is 3. The lowest BCUT2D eigenvalue weighted by molar-refractivity contribution is -0.136. The lowest BCUT2D eigenvalue weighted by Gasteiger charge is -2.10. The standard InChI is InChI=1S/C19H21N3O2/c1-11-5-7-15(8-6-11)18-13(3)21-22-14(4)16(9-10-17(23)24)12(2)20-19(18)22/h5-8H,9-10H2,1-4H3,(H,23,24). The highest BCUT2D eigenvalue weighted by Gasteiger charge is 2.18. The summed E-state index contributed by atoms with van der Waals surface area (Å²) >= 11 is 0. The third-order valence-corrected chi connectivity index (χ3v) is 4.43. The van der Waals surface area contributed by atoms with Crippen LogP contribution in [0.2, 0.25) is 0 Å². The molecule has 0 bridgehead atoms. The molecule has 0 unspecified atom stereocenters. The van der Waals surface area contributed by atoms with Gasteiger partial charge in [0.25, 0.3) is 0 Å². The van der Waals surface area contributed by atoms with Crippen molar-refractivity contribution in [2.24, 2.45) is 0 Å². The molecule has 0 saturated heterocycles. The Bertz CT molecular complexity index is 924. The van der Waals surface area contributed by atoms with E-state index in [1.165, 1.54) is 5.56 Å². The van der Waals surface area contributed by atoms with Gasteiger partial charge in [0.2, 0.25) is 0 Å². The van der Waals surface area contributed by atoms with Gasteiger partial charge in [0, 0.05) is 23.4 Å². The van der Waals surface area contributed by atoms with Gasteiger partial charge in [-0.25, -0.2) is 9.50 Å². The topological polar surface area (TPSA) is 67.5 Å². The molecule has 0 aliphatic heterocycles. The number of fused-ring (bicyclic) bond motifs is 1. The van der Waals surface area contributed by atoms with Crippen LogP contribution in [-0.4, -0.2) is 25.7 Å². The van der Waals surface area contributed by atoms with E-state index in [9.17, 15) is 4.79 Å². The zero-order chi connectivity index (χ0) is 17.4. The minimum absolute atomic E-state index is 0.0972. The molecule has 0 aliphatic rings. The summed E-state index contributed by atoms with van der Waals surface area (Å²) < 4.78 is 1.84. The van der Waals surface area contributed by atoms with E-state index in [4.69, 9.17) is 10.1 Å². The highest BCUT2D eigenvalue weighted by atomic mass is 16.4. The Labute approximate surface area is 141 Å². The van der Waals surface area contributed by atoms with E-state index in [1.807, 2.05) is 25.3 Å². The van der Waals surface area contributed by atoms with Gasteiger partial charge in [-0.3, -0.25) is 4.79 Å². The van der Waals surface area contributed by atoms with Crippen molar-refractivity contribution < 1.29 is 9.90 Å².